The van der Waals surface area contributed by atoms with Crippen LogP contribution in [-0.4, -0.2) is 42.4 Å². The van der Waals surface area contributed by atoms with Crippen LogP contribution < -0.4 is 4.74 Å². The van der Waals surface area contributed by atoms with Gasteiger partial charge < -0.3 is 14.7 Å². The average molecular weight is 263 g/mol. The van der Waals surface area contributed by atoms with Crippen LogP contribution in [0.4, 0.5) is 0 Å². The molecular weight excluding hydrogens is 238 g/mol. The van der Waals surface area contributed by atoms with Crippen molar-refractivity contribution in [2.45, 2.75) is 38.7 Å². The highest BCUT2D eigenvalue weighted by Gasteiger charge is 2.15. The van der Waals surface area contributed by atoms with Crippen LogP contribution in [-0.2, 0) is 12.8 Å². The van der Waals surface area contributed by atoms with E-state index in [4.69, 9.17) is 4.74 Å². The maximum absolute atomic E-state index is 9.79. The molecule has 1 aromatic rings. The lowest BCUT2D eigenvalue weighted by Crippen LogP contribution is -2.37. The van der Waals surface area contributed by atoms with E-state index in [1.54, 1.807) is 0 Å². The van der Waals surface area contributed by atoms with Gasteiger partial charge in [-0.15, -0.1) is 0 Å². The Hall–Kier alpha value is -1.06. The zero-order valence-electron chi connectivity index (χ0n) is 12.3. The smallest absolute Gasteiger partial charge is 0.122 e. The molecule has 0 bridgehead atoms. The Bertz CT molecular complexity index is 423. The fourth-order valence-electron chi connectivity index (χ4n) is 2.63. The van der Waals surface area contributed by atoms with E-state index in [0.717, 1.165) is 38.2 Å². The molecule has 0 spiro atoms. The maximum atomic E-state index is 9.79. The van der Waals surface area contributed by atoms with Crippen LogP contribution >= 0.6 is 0 Å². The van der Waals surface area contributed by atoms with Crippen molar-refractivity contribution in [3.8, 4) is 5.75 Å². The molecule has 0 atom stereocenters. The van der Waals surface area contributed by atoms with E-state index in [1.807, 2.05) is 13.8 Å². The zero-order valence-corrected chi connectivity index (χ0v) is 12.3. The van der Waals surface area contributed by atoms with Crippen LogP contribution in [0.2, 0.25) is 0 Å². The third-order valence-corrected chi connectivity index (χ3v) is 3.41. The van der Waals surface area contributed by atoms with Gasteiger partial charge in [-0.25, -0.2) is 0 Å². The number of hydrogen-bond donors (Lipinski definition) is 1. The quantitative estimate of drug-likeness (QED) is 0.884. The van der Waals surface area contributed by atoms with Gasteiger partial charge in [0.05, 0.1) is 12.2 Å². The number of aliphatic hydroxyl groups is 1. The molecule has 106 valence electrons. The summed E-state index contributed by atoms with van der Waals surface area (Å²) in [6, 6.07) is 6.52. The van der Waals surface area contributed by atoms with E-state index in [-0.39, 0.29) is 0 Å². The molecule has 0 unspecified atom stereocenters. The van der Waals surface area contributed by atoms with Crippen LogP contribution in [0, 0.1) is 0 Å². The maximum Gasteiger partial charge on any atom is 0.122 e. The van der Waals surface area contributed by atoms with E-state index >= 15 is 0 Å². The van der Waals surface area contributed by atoms with Gasteiger partial charge in [0.15, 0.2) is 0 Å². The molecule has 0 aromatic heterocycles. The summed E-state index contributed by atoms with van der Waals surface area (Å²) in [5.74, 6) is 1.06. The molecule has 1 aromatic carbocycles. The molecular formula is C16H25NO2. The highest BCUT2D eigenvalue weighted by molar-refractivity contribution is 5.38. The van der Waals surface area contributed by atoms with Crippen molar-refractivity contribution in [1.29, 1.82) is 0 Å². The summed E-state index contributed by atoms with van der Waals surface area (Å²) in [4.78, 5) is 2.18. The van der Waals surface area contributed by atoms with Crippen molar-refractivity contribution < 1.29 is 9.84 Å². The van der Waals surface area contributed by atoms with Gasteiger partial charge in [0.2, 0.25) is 0 Å². The molecule has 0 saturated heterocycles. The highest BCUT2D eigenvalue weighted by atomic mass is 16.5. The fraction of sp³-hybridized carbons (Fsp3) is 0.625. The molecule has 3 heteroatoms. The van der Waals surface area contributed by atoms with Crippen molar-refractivity contribution in [3.63, 3.8) is 0 Å². The molecule has 0 amide bonds. The normalized spacial score (nSPS) is 15.2. The molecule has 1 aliphatic rings. The highest BCUT2D eigenvalue weighted by Crippen LogP contribution is 2.25. The zero-order chi connectivity index (χ0) is 13.9. The minimum atomic E-state index is -0.627. The lowest BCUT2D eigenvalue weighted by atomic mass is 10.0. The molecule has 1 heterocycles. The standard InChI is InChI=1S/C16H25NO2/c1-16(2,18)12-17(3)9-8-13-6-7-15-14(11-13)5-4-10-19-15/h6-7,11,18H,4-5,8-10,12H2,1-3H3. The van der Waals surface area contributed by atoms with Crippen LogP contribution in [0.1, 0.15) is 31.4 Å². The largest absolute Gasteiger partial charge is 0.493 e. The lowest BCUT2D eigenvalue weighted by Gasteiger charge is -2.25. The van der Waals surface area contributed by atoms with E-state index in [1.165, 1.54) is 11.1 Å². The first-order chi connectivity index (χ1) is 8.94. The minimum absolute atomic E-state index is 0.627. The van der Waals surface area contributed by atoms with Gasteiger partial charge in [0.1, 0.15) is 5.75 Å². The second-order valence-corrected chi connectivity index (χ2v) is 6.19. The van der Waals surface area contributed by atoms with Crippen molar-refractivity contribution >= 4 is 0 Å². The van der Waals surface area contributed by atoms with Crippen molar-refractivity contribution in [2.75, 3.05) is 26.7 Å². The Balaban J connectivity index is 1.89. The number of fused-ring (bicyclic) bond motifs is 1. The monoisotopic (exact) mass is 263 g/mol. The summed E-state index contributed by atoms with van der Waals surface area (Å²) in [5.41, 5.74) is 2.07. The predicted molar refractivity (Wildman–Crippen MR) is 77.8 cm³/mol. The number of rotatable bonds is 5. The number of likely N-dealkylation sites (N-methyl/N-ethyl adjacent to an activating group) is 1. The van der Waals surface area contributed by atoms with Gasteiger partial charge in [0, 0.05) is 13.1 Å². The van der Waals surface area contributed by atoms with Gasteiger partial charge in [-0.2, -0.15) is 0 Å². The molecule has 0 saturated carbocycles. The minimum Gasteiger partial charge on any atom is -0.493 e. The summed E-state index contributed by atoms with van der Waals surface area (Å²) in [6.07, 6.45) is 3.26. The molecule has 0 fully saturated rings. The molecule has 3 nitrogen and oxygen atoms in total. The van der Waals surface area contributed by atoms with Crippen LogP contribution in [0.3, 0.4) is 0 Å². The number of benzene rings is 1. The van der Waals surface area contributed by atoms with E-state index in [0.29, 0.717) is 6.54 Å². The number of ether oxygens (including phenoxy) is 1. The second-order valence-electron chi connectivity index (χ2n) is 6.19. The van der Waals surface area contributed by atoms with E-state index in [9.17, 15) is 5.11 Å². The average Bonchev–Trinajstić information content (AvgIpc) is 2.34. The number of nitrogens with zero attached hydrogens (tertiary/aromatic N) is 1. The fourth-order valence-corrected chi connectivity index (χ4v) is 2.63. The van der Waals surface area contributed by atoms with E-state index in [2.05, 4.69) is 30.1 Å². The third kappa shape index (κ3) is 4.51. The first kappa shape index (κ1) is 14.4. The topological polar surface area (TPSA) is 32.7 Å². The van der Waals surface area contributed by atoms with Crippen LogP contribution in [0.5, 0.6) is 5.75 Å². The van der Waals surface area contributed by atoms with E-state index < -0.39 is 5.60 Å². The van der Waals surface area contributed by atoms with Gasteiger partial charge in [-0.3, -0.25) is 0 Å². The SMILES string of the molecule is CN(CCc1ccc2c(c1)CCCO2)CC(C)(C)O. The second kappa shape index (κ2) is 5.93. The molecule has 0 aliphatic carbocycles. The van der Waals surface area contributed by atoms with Crippen LogP contribution in [0.25, 0.3) is 0 Å². The Morgan fingerprint density at radius 1 is 1.37 bits per heavy atom. The van der Waals surface area contributed by atoms with Crippen LogP contribution in [0.15, 0.2) is 18.2 Å². The lowest BCUT2D eigenvalue weighted by molar-refractivity contribution is 0.0450. The Labute approximate surface area is 116 Å². The Morgan fingerprint density at radius 3 is 2.89 bits per heavy atom. The molecule has 2 rings (SSSR count). The number of aryl methyl sites for hydroxylation is 1. The first-order valence-electron chi connectivity index (χ1n) is 7.09. The van der Waals surface area contributed by atoms with Crippen molar-refractivity contribution in [2.24, 2.45) is 0 Å². The predicted octanol–water partition coefficient (Wildman–Crippen LogP) is 2.26. The van der Waals surface area contributed by atoms with Gasteiger partial charge in [-0.05, 0) is 57.4 Å². The molecule has 1 N–H and O–H groups in total. The Kier molecular flexibility index (Phi) is 4.48. The summed E-state index contributed by atoms with van der Waals surface area (Å²) < 4.78 is 5.63. The van der Waals surface area contributed by atoms with Gasteiger partial charge in [0.25, 0.3) is 0 Å². The molecule has 0 radical (unpaired) electrons. The summed E-state index contributed by atoms with van der Waals surface area (Å²) in [5, 5.41) is 9.79. The molecule has 1 aliphatic heterocycles. The molecule has 19 heavy (non-hydrogen) atoms. The van der Waals surface area contributed by atoms with Crippen molar-refractivity contribution in [3.05, 3.63) is 29.3 Å². The van der Waals surface area contributed by atoms with Gasteiger partial charge >= 0.3 is 0 Å². The summed E-state index contributed by atoms with van der Waals surface area (Å²) >= 11 is 0. The summed E-state index contributed by atoms with van der Waals surface area (Å²) in [7, 11) is 2.06. The van der Waals surface area contributed by atoms with Gasteiger partial charge in [-0.1, -0.05) is 12.1 Å². The third-order valence-electron chi connectivity index (χ3n) is 3.41. The van der Waals surface area contributed by atoms with Crippen molar-refractivity contribution in [1.82, 2.24) is 4.90 Å². The number of hydrogen-bond acceptors (Lipinski definition) is 3. The summed E-state index contributed by atoms with van der Waals surface area (Å²) in [6.45, 7) is 6.20. The first-order valence-corrected chi connectivity index (χ1v) is 7.09. The Morgan fingerprint density at radius 2 is 2.16 bits per heavy atom.